The molecule has 0 spiro atoms. The van der Waals surface area contributed by atoms with Gasteiger partial charge in [0, 0.05) is 16.8 Å². The second kappa shape index (κ2) is 4.15. The number of hydrogen-bond acceptors (Lipinski definition) is 2. The van der Waals surface area contributed by atoms with Crippen molar-refractivity contribution in [2.24, 2.45) is 0 Å². The summed E-state index contributed by atoms with van der Waals surface area (Å²) < 4.78 is 0. The molecule has 0 fully saturated rings. The number of aromatic nitrogens is 2. The maximum Gasteiger partial charge on any atom is 0.134 e. The Morgan fingerprint density at radius 2 is 1.75 bits per heavy atom. The Bertz CT molecular complexity index is 371. The van der Waals surface area contributed by atoms with Crippen LogP contribution in [0.1, 0.15) is 63.3 Å². The minimum absolute atomic E-state index is 0.0659. The number of aryl methyl sites for hydroxylation is 2. The van der Waals surface area contributed by atoms with Crippen LogP contribution in [0.5, 0.6) is 0 Å². The molecule has 0 aliphatic heterocycles. The van der Waals surface area contributed by atoms with Gasteiger partial charge in [0.2, 0.25) is 0 Å². The van der Waals surface area contributed by atoms with Gasteiger partial charge in [0.05, 0.1) is 0 Å². The molecule has 1 aliphatic rings. The van der Waals surface area contributed by atoms with Crippen LogP contribution in [-0.2, 0) is 24.7 Å². The molecule has 0 bridgehead atoms. The molecule has 0 N–H and O–H groups in total. The predicted octanol–water partition coefficient (Wildman–Crippen LogP) is 3.22. The fourth-order valence-electron chi connectivity index (χ4n) is 2.30. The third-order valence-corrected chi connectivity index (χ3v) is 3.27. The Labute approximate surface area is 98.5 Å². The van der Waals surface area contributed by atoms with Gasteiger partial charge in [-0.2, -0.15) is 0 Å². The van der Waals surface area contributed by atoms with Crippen molar-refractivity contribution >= 4 is 0 Å². The highest BCUT2D eigenvalue weighted by Crippen LogP contribution is 2.26. The lowest BCUT2D eigenvalue weighted by Gasteiger charge is -2.23. The van der Waals surface area contributed by atoms with Crippen LogP contribution in [-0.4, -0.2) is 9.97 Å². The molecule has 0 saturated heterocycles. The maximum absolute atomic E-state index is 4.78. The van der Waals surface area contributed by atoms with Crippen LogP contribution in [0.2, 0.25) is 0 Å². The van der Waals surface area contributed by atoms with E-state index >= 15 is 0 Å². The molecule has 88 valence electrons. The maximum atomic E-state index is 4.78. The zero-order valence-electron chi connectivity index (χ0n) is 10.9. The average Bonchev–Trinajstić information content (AvgIpc) is 2.26. The monoisotopic (exact) mass is 218 g/mol. The fourth-order valence-corrected chi connectivity index (χ4v) is 2.30. The summed E-state index contributed by atoms with van der Waals surface area (Å²) in [5, 5.41) is 0. The van der Waals surface area contributed by atoms with Crippen molar-refractivity contribution in [1.29, 1.82) is 0 Å². The van der Waals surface area contributed by atoms with E-state index in [1.165, 1.54) is 36.2 Å². The van der Waals surface area contributed by atoms with E-state index in [0.717, 1.165) is 18.7 Å². The van der Waals surface area contributed by atoms with Crippen LogP contribution >= 0.6 is 0 Å². The van der Waals surface area contributed by atoms with Gasteiger partial charge in [-0.1, -0.05) is 27.7 Å². The zero-order chi connectivity index (χ0) is 11.8. The molecular weight excluding hydrogens is 196 g/mol. The largest absolute Gasteiger partial charge is 0.237 e. The summed E-state index contributed by atoms with van der Waals surface area (Å²) >= 11 is 0. The molecule has 2 nitrogen and oxygen atoms in total. The Kier molecular flexibility index (Phi) is 3.00. The molecule has 2 heteroatoms. The standard InChI is InChI=1S/C14H22N2/c1-5-11-10-8-6-7-9-12(10)16-13(15-11)14(2,3)4/h5-9H2,1-4H3. The minimum atomic E-state index is 0.0659. The van der Waals surface area contributed by atoms with E-state index in [4.69, 9.17) is 9.97 Å². The summed E-state index contributed by atoms with van der Waals surface area (Å²) in [6, 6.07) is 0. The first-order valence-corrected chi connectivity index (χ1v) is 6.41. The quantitative estimate of drug-likeness (QED) is 0.723. The summed E-state index contributed by atoms with van der Waals surface area (Å²) in [6.45, 7) is 8.77. The Morgan fingerprint density at radius 3 is 2.38 bits per heavy atom. The summed E-state index contributed by atoms with van der Waals surface area (Å²) in [7, 11) is 0. The number of hydrogen-bond donors (Lipinski definition) is 0. The van der Waals surface area contributed by atoms with Gasteiger partial charge in [0.15, 0.2) is 0 Å². The van der Waals surface area contributed by atoms with Gasteiger partial charge in [-0.05, 0) is 37.7 Å². The van der Waals surface area contributed by atoms with Gasteiger partial charge >= 0.3 is 0 Å². The van der Waals surface area contributed by atoms with Crippen molar-refractivity contribution in [1.82, 2.24) is 9.97 Å². The molecule has 0 saturated carbocycles. The van der Waals surface area contributed by atoms with Crippen LogP contribution in [0, 0.1) is 0 Å². The van der Waals surface area contributed by atoms with E-state index in [1.54, 1.807) is 0 Å². The van der Waals surface area contributed by atoms with Crippen molar-refractivity contribution in [2.75, 3.05) is 0 Å². The highest BCUT2D eigenvalue weighted by molar-refractivity contribution is 5.29. The van der Waals surface area contributed by atoms with Gasteiger partial charge in [0.25, 0.3) is 0 Å². The second-order valence-corrected chi connectivity index (χ2v) is 5.73. The van der Waals surface area contributed by atoms with Crippen LogP contribution in [0.15, 0.2) is 0 Å². The van der Waals surface area contributed by atoms with Crippen molar-refractivity contribution in [2.45, 2.75) is 65.2 Å². The van der Waals surface area contributed by atoms with Crippen molar-refractivity contribution in [3.05, 3.63) is 22.8 Å². The van der Waals surface area contributed by atoms with E-state index in [2.05, 4.69) is 27.7 Å². The van der Waals surface area contributed by atoms with Gasteiger partial charge in [-0.3, -0.25) is 0 Å². The first-order valence-electron chi connectivity index (χ1n) is 6.41. The van der Waals surface area contributed by atoms with Gasteiger partial charge < -0.3 is 0 Å². The molecule has 0 radical (unpaired) electrons. The van der Waals surface area contributed by atoms with E-state index in [-0.39, 0.29) is 5.41 Å². The molecule has 0 unspecified atom stereocenters. The van der Waals surface area contributed by atoms with Gasteiger partial charge in [-0.15, -0.1) is 0 Å². The lowest BCUT2D eigenvalue weighted by atomic mass is 9.91. The summed E-state index contributed by atoms with van der Waals surface area (Å²) in [4.78, 5) is 9.55. The third kappa shape index (κ3) is 2.11. The summed E-state index contributed by atoms with van der Waals surface area (Å²) in [5.74, 6) is 1.02. The van der Waals surface area contributed by atoms with Gasteiger partial charge in [-0.25, -0.2) is 9.97 Å². The predicted molar refractivity (Wildman–Crippen MR) is 66.8 cm³/mol. The molecule has 0 aromatic carbocycles. The van der Waals surface area contributed by atoms with E-state index < -0.39 is 0 Å². The van der Waals surface area contributed by atoms with Crippen LogP contribution in [0.25, 0.3) is 0 Å². The molecule has 1 aliphatic carbocycles. The fraction of sp³-hybridized carbons (Fsp3) is 0.714. The molecule has 1 heterocycles. The highest BCUT2D eigenvalue weighted by atomic mass is 14.9. The molecular formula is C14H22N2. The summed E-state index contributed by atoms with van der Waals surface area (Å²) in [6.07, 6.45) is 5.96. The molecule has 1 aromatic rings. The molecule has 2 rings (SSSR count). The Morgan fingerprint density at radius 1 is 1.06 bits per heavy atom. The second-order valence-electron chi connectivity index (χ2n) is 5.73. The minimum Gasteiger partial charge on any atom is -0.237 e. The first kappa shape index (κ1) is 11.6. The van der Waals surface area contributed by atoms with Crippen molar-refractivity contribution < 1.29 is 0 Å². The Hall–Kier alpha value is -0.920. The SMILES string of the molecule is CCc1nc(C(C)(C)C)nc2c1CCCC2. The average molecular weight is 218 g/mol. The van der Waals surface area contributed by atoms with Gasteiger partial charge in [0.1, 0.15) is 5.82 Å². The number of rotatable bonds is 1. The number of fused-ring (bicyclic) bond motifs is 1. The Balaban J connectivity index is 2.52. The normalized spacial score (nSPS) is 16.0. The van der Waals surface area contributed by atoms with Crippen LogP contribution in [0.4, 0.5) is 0 Å². The van der Waals surface area contributed by atoms with E-state index in [9.17, 15) is 0 Å². The number of nitrogens with zero attached hydrogens (tertiary/aromatic N) is 2. The first-order chi connectivity index (χ1) is 7.52. The highest BCUT2D eigenvalue weighted by Gasteiger charge is 2.22. The van der Waals surface area contributed by atoms with E-state index in [1.807, 2.05) is 0 Å². The van der Waals surface area contributed by atoms with E-state index in [0.29, 0.717) is 0 Å². The van der Waals surface area contributed by atoms with Crippen LogP contribution < -0.4 is 0 Å². The van der Waals surface area contributed by atoms with Crippen LogP contribution in [0.3, 0.4) is 0 Å². The smallest absolute Gasteiger partial charge is 0.134 e. The van der Waals surface area contributed by atoms with Crippen molar-refractivity contribution in [3.8, 4) is 0 Å². The molecule has 1 aromatic heterocycles. The topological polar surface area (TPSA) is 25.8 Å². The lowest BCUT2D eigenvalue weighted by molar-refractivity contribution is 0.527. The van der Waals surface area contributed by atoms with Crippen molar-refractivity contribution in [3.63, 3.8) is 0 Å². The lowest BCUT2D eigenvalue weighted by Crippen LogP contribution is -2.21. The molecule has 0 atom stereocenters. The zero-order valence-corrected chi connectivity index (χ0v) is 10.9. The molecule has 0 amide bonds. The molecule has 16 heavy (non-hydrogen) atoms. The third-order valence-electron chi connectivity index (χ3n) is 3.27. The summed E-state index contributed by atoms with van der Waals surface area (Å²) in [5.41, 5.74) is 4.12.